The quantitative estimate of drug-likeness (QED) is 0.723. The average Bonchev–Trinajstić information content (AvgIpc) is 3.10. The predicted molar refractivity (Wildman–Crippen MR) is 58.5 cm³/mol. The van der Waals surface area contributed by atoms with Crippen LogP contribution in [0.2, 0.25) is 0 Å². The minimum absolute atomic E-state index is 0.0272. The second kappa shape index (κ2) is 4.42. The molecule has 0 radical (unpaired) electrons. The third-order valence-corrected chi connectivity index (χ3v) is 3.44. The number of piperidine rings is 1. The molecule has 1 heterocycles. The lowest BCUT2D eigenvalue weighted by molar-refractivity contribution is -0.139. The van der Waals surface area contributed by atoms with E-state index in [1.54, 1.807) is 0 Å². The maximum atomic E-state index is 12.1. The molecular formula is C12H18N2O2. The van der Waals surface area contributed by atoms with Crippen LogP contribution in [-0.4, -0.2) is 36.6 Å². The predicted octanol–water partition coefficient (Wildman–Crippen LogP) is 1.32. The minimum atomic E-state index is -0.673. The summed E-state index contributed by atoms with van der Waals surface area (Å²) in [5, 5.41) is 9.00. The number of nitrogens with zero attached hydrogens (tertiary/aromatic N) is 2. The van der Waals surface area contributed by atoms with Crippen LogP contribution in [-0.2, 0) is 9.53 Å². The van der Waals surface area contributed by atoms with Crippen LogP contribution in [0.5, 0.6) is 0 Å². The maximum Gasteiger partial charge on any atom is 0.243 e. The van der Waals surface area contributed by atoms with Crippen LogP contribution in [0.1, 0.15) is 32.6 Å². The van der Waals surface area contributed by atoms with Crippen molar-refractivity contribution in [3.8, 4) is 6.07 Å². The number of hydrogen-bond acceptors (Lipinski definition) is 3. The van der Waals surface area contributed by atoms with Crippen molar-refractivity contribution in [2.75, 3.05) is 19.7 Å². The highest BCUT2D eigenvalue weighted by molar-refractivity contribution is 5.88. The fourth-order valence-electron chi connectivity index (χ4n) is 2.30. The molecule has 0 N–H and O–H groups in total. The van der Waals surface area contributed by atoms with Gasteiger partial charge in [0.05, 0.1) is 12.2 Å². The summed E-state index contributed by atoms with van der Waals surface area (Å²) in [5.41, 5.74) is -0.673. The fourth-order valence-corrected chi connectivity index (χ4v) is 2.30. The van der Waals surface area contributed by atoms with Crippen molar-refractivity contribution in [1.82, 2.24) is 4.90 Å². The van der Waals surface area contributed by atoms with Gasteiger partial charge in [0.1, 0.15) is 5.41 Å². The highest BCUT2D eigenvalue weighted by Gasteiger charge is 2.52. The lowest BCUT2D eigenvalue weighted by atomic mass is 10.0. The van der Waals surface area contributed by atoms with Gasteiger partial charge in [0.25, 0.3) is 0 Å². The Morgan fingerprint density at radius 2 is 2.38 bits per heavy atom. The largest absolute Gasteiger partial charge is 0.377 e. The molecule has 4 heteroatoms. The van der Waals surface area contributed by atoms with Gasteiger partial charge in [0, 0.05) is 19.7 Å². The Morgan fingerprint density at radius 1 is 1.62 bits per heavy atom. The van der Waals surface area contributed by atoms with Gasteiger partial charge < -0.3 is 9.64 Å². The molecule has 2 fully saturated rings. The summed E-state index contributed by atoms with van der Waals surface area (Å²) in [6.45, 7) is 4.11. The molecule has 0 aromatic carbocycles. The molecule has 16 heavy (non-hydrogen) atoms. The molecular weight excluding hydrogens is 204 g/mol. The van der Waals surface area contributed by atoms with Gasteiger partial charge in [-0.25, -0.2) is 0 Å². The Hall–Kier alpha value is -1.08. The SMILES string of the molecule is CCOC1CCCN(C(=O)C2(C#N)CC2)C1. The Bertz CT molecular complexity index is 315. The second-order valence-electron chi connectivity index (χ2n) is 4.66. The molecule has 0 aromatic rings. The van der Waals surface area contributed by atoms with E-state index in [-0.39, 0.29) is 12.0 Å². The molecule has 4 nitrogen and oxygen atoms in total. The molecule has 1 aliphatic heterocycles. The Kier molecular flexibility index (Phi) is 3.15. The molecule has 0 aromatic heterocycles. The number of nitriles is 1. The number of rotatable bonds is 3. The Balaban J connectivity index is 1.95. The van der Waals surface area contributed by atoms with Crippen molar-refractivity contribution in [2.45, 2.75) is 38.7 Å². The standard InChI is InChI=1S/C12H18N2O2/c1-2-16-10-4-3-7-14(8-10)11(15)12(9-13)5-6-12/h10H,2-8H2,1H3. The van der Waals surface area contributed by atoms with Crippen LogP contribution in [0.4, 0.5) is 0 Å². The van der Waals surface area contributed by atoms with E-state index in [0.29, 0.717) is 13.2 Å². The van der Waals surface area contributed by atoms with E-state index in [2.05, 4.69) is 6.07 Å². The van der Waals surface area contributed by atoms with E-state index in [9.17, 15) is 4.79 Å². The van der Waals surface area contributed by atoms with Crippen molar-refractivity contribution < 1.29 is 9.53 Å². The summed E-state index contributed by atoms with van der Waals surface area (Å²) in [6, 6.07) is 2.16. The molecule has 2 aliphatic rings. The smallest absolute Gasteiger partial charge is 0.243 e. The Labute approximate surface area is 96.2 Å². The highest BCUT2D eigenvalue weighted by Crippen LogP contribution is 2.46. The van der Waals surface area contributed by atoms with E-state index in [1.165, 1.54) is 0 Å². The van der Waals surface area contributed by atoms with Crippen LogP contribution in [0.3, 0.4) is 0 Å². The first-order valence-electron chi connectivity index (χ1n) is 6.04. The molecule has 1 saturated carbocycles. The van der Waals surface area contributed by atoms with E-state index < -0.39 is 5.41 Å². The highest BCUT2D eigenvalue weighted by atomic mass is 16.5. The van der Waals surface area contributed by atoms with Crippen LogP contribution in [0.25, 0.3) is 0 Å². The van der Waals surface area contributed by atoms with Gasteiger partial charge in [-0.1, -0.05) is 0 Å². The number of hydrogen-bond donors (Lipinski definition) is 0. The van der Waals surface area contributed by atoms with Crippen LogP contribution in [0, 0.1) is 16.7 Å². The second-order valence-corrected chi connectivity index (χ2v) is 4.66. The molecule has 0 bridgehead atoms. The van der Waals surface area contributed by atoms with Crippen LogP contribution < -0.4 is 0 Å². The lowest BCUT2D eigenvalue weighted by Gasteiger charge is -2.33. The van der Waals surface area contributed by atoms with Crippen LogP contribution >= 0.6 is 0 Å². The summed E-state index contributed by atoms with van der Waals surface area (Å²) in [7, 11) is 0. The normalized spacial score (nSPS) is 27.2. The molecule has 88 valence electrons. The number of likely N-dealkylation sites (tertiary alicyclic amines) is 1. The first-order chi connectivity index (χ1) is 7.72. The van der Waals surface area contributed by atoms with Gasteiger partial charge in [-0.3, -0.25) is 4.79 Å². The maximum absolute atomic E-state index is 12.1. The van der Waals surface area contributed by atoms with Crippen molar-refractivity contribution in [1.29, 1.82) is 5.26 Å². The summed E-state index contributed by atoms with van der Waals surface area (Å²) in [4.78, 5) is 13.9. The van der Waals surface area contributed by atoms with Gasteiger partial charge in [-0.15, -0.1) is 0 Å². The Morgan fingerprint density at radius 3 is 2.94 bits per heavy atom. The van der Waals surface area contributed by atoms with Gasteiger partial charge >= 0.3 is 0 Å². The summed E-state index contributed by atoms with van der Waals surface area (Å²) in [5.74, 6) is 0.0272. The number of carbonyl (C=O) groups is 1. The molecule has 0 spiro atoms. The zero-order chi connectivity index (χ0) is 11.6. The van der Waals surface area contributed by atoms with E-state index >= 15 is 0 Å². The third kappa shape index (κ3) is 2.05. The number of amides is 1. The molecule has 1 amide bonds. The monoisotopic (exact) mass is 222 g/mol. The number of carbonyl (C=O) groups excluding carboxylic acids is 1. The zero-order valence-electron chi connectivity index (χ0n) is 9.74. The molecule has 1 atom stereocenters. The molecule has 1 saturated heterocycles. The fraction of sp³-hybridized carbons (Fsp3) is 0.833. The van der Waals surface area contributed by atoms with E-state index in [4.69, 9.17) is 10.00 Å². The van der Waals surface area contributed by atoms with Crippen molar-refractivity contribution in [2.24, 2.45) is 5.41 Å². The first kappa shape index (κ1) is 11.4. The number of ether oxygens (including phenoxy) is 1. The van der Waals surface area contributed by atoms with Crippen molar-refractivity contribution in [3.05, 3.63) is 0 Å². The molecule has 2 rings (SSSR count). The summed E-state index contributed by atoms with van der Waals surface area (Å²) >= 11 is 0. The van der Waals surface area contributed by atoms with Crippen LogP contribution in [0.15, 0.2) is 0 Å². The van der Waals surface area contributed by atoms with Gasteiger partial charge in [0.2, 0.25) is 5.91 Å². The summed E-state index contributed by atoms with van der Waals surface area (Å²) in [6.07, 6.45) is 3.64. The average molecular weight is 222 g/mol. The minimum Gasteiger partial charge on any atom is -0.377 e. The van der Waals surface area contributed by atoms with Gasteiger partial charge in [0.15, 0.2) is 0 Å². The lowest BCUT2D eigenvalue weighted by Crippen LogP contribution is -2.46. The first-order valence-corrected chi connectivity index (χ1v) is 6.04. The van der Waals surface area contributed by atoms with Crippen molar-refractivity contribution >= 4 is 5.91 Å². The molecule has 1 unspecified atom stereocenters. The summed E-state index contributed by atoms with van der Waals surface area (Å²) < 4.78 is 5.55. The van der Waals surface area contributed by atoms with Crippen molar-refractivity contribution in [3.63, 3.8) is 0 Å². The zero-order valence-corrected chi connectivity index (χ0v) is 9.74. The molecule has 1 aliphatic carbocycles. The third-order valence-electron chi connectivity index (χ3n) is 3.44. The topological polar surface area (TPSA) is 53.3 Å². The van der Waals surface area contributed by atoms with Gasteiger partial charge in [-0.05, 0) is 32.6 Å². The van der Waals surface area contributed by atoms with E-state index in [0.717, 1.165) is 32.2 Å². The van der Waals surface area contributed by atoms with E-state index in [1.807, 2.05) is 11.8 Å². The van der Waals surface area contributed by atoms with Gasteiger partial charge in [-0.2, -0.15) is 5.26 Å².